The lowest BCUT2D eigenvalue weighted by Gasteiger charge is -2.22. The number of pyridine rings is 1. The lowest BCUT2D eigenvalue weighted by molar-refractivity contribution is 0.244. The molecule has 1 aromatic heterocycles. The predicted molar refractivity (Wildman–Crippen MR) is 94.8 cm³/mol. The Kier molecular flexibility index (Phi) is 5.17. The van der Waals surface area contributed by atoms with Gasteiger partial charge in [-0.1, -0.05) is 66.7 Å². The summed E-state index contributed by atoms with van der Waals surface area (Å²) >= 11 is 0. The Morgan fingerprint density at radius 2 is 1.22 bits per heavy atom. The average Bonchev–Trinajstić information content (AvgIpc) is 2.57. The van der Waals surface area contributed by atoms with Crippen molar-refractivity contribution in [2.75, 3.05) is 0 Å². The number of aromatic nitrogens is 1. The summed E-state index contributed by atoms with van der Waals surface area (Å²) in [6, 6.07) is 27.5. The zero-order valence-corrected chi connectivity index (χ0v) is 13.5. The summed E-state index contributed by atoms with van der Waals surface area (Å²) in [4.78, 5) is 7.09. The third-order valence-corrected chi connectivity index (χ3v) is 3.83. The summed E-state index contributed by atoms with van der Waals surface area (Å²) in [7, 11) is 0. The van der Waals surface area contributed by atoms with E-state index in [9.17, 15) is 0 Å². The van der Waals surface area contributed by atoms with Gasteiger partial charge in [0.25, 0.3) is 0 Å². The largest absolute Gasteiger partial charge is 0.289 e. The van der Waals surface area contributed by atoms with Crippen LogP contribution >= 0.6 is 0 Å². The number of aryl methyl sites for hydroxylation is 1. The topological polar surface area (TPSA) is 16.1 Å². The molecule has 23 heavy (non-hydrogen) atoms. The van der Waals surface area contributed by atoms with Crippen LogP contribution < -0.4 is 0 Å². The van der Waals surface area contributed by atoms with Crippen molar-refractivity contribution < 1.29 is 0 Å². The van der Waals surface area contributed by atoms with Crippen molar-refractivity contribution >= 4 is 0 Å². The molecule has 0 amide bonds. The number of hydrogen-bond acceptors (Lipinski definition) is 2. The van der Waals surface area contributed by atoms with Gasteiger partial charge in [-0.15, -0.1) is 0 Å². The quantitative estimate of drug-likeness (QED) is 0.662. The molecular formula is C21H22N2. The molecule has 0 bridgehead atoms. The van der Waals surface area contributed by atoms with Gasteiger partial charge in [-0.3, -0.25) is 9.88 Å². The number of nitrogens with zero attached hydrogens (tertiary/aromatic N) is 2. The van der Waals surface area contributed by atoms with Gasteiger partial charge in [0.05, 0.1) is 5.69 Å². The predicted octanol–water partition coefficient (Wildman–Crippen LogP) is 4.59. The van der Waals surface area contributed by atoms with E-state index in [0.29, 0.717) is 0 Å². The molecule has 2 heteroatoms. The number of benzene rings is 2. The SMILES string of the molecule is Cc1cccc(CN(Cc2ccccc2)Cc2ccccc2)n1. The molecule has 2 nitrogen and oxygen atoms in total. The minimum Gasteiger partial charge on any atom is -0.289 e. The van der Waals surface area contributed by atoms with Gasteiger partial charge in [0, 0.05) is 25.3 Å². The highest BCUT2D eigenvalue weighted by Crippen LogP contribution is 2.13. The highest BCUT2D eigenvalue weighted by molar-refractivity contribution is 5.18. The molecule has 2 aromatic carbocycles. The third-order valence-electron chi connectivity index (χ3n) is 3.83. The monoisotopic (exact) mass is 302 g/mol. The van der Waals surface area contributed by atoms with E-state index < -0.39 is 0 Å². The van der Waals surface area contributed by atoms with Crippen LogP contribution in [0, 0.1) is 6.92 Å². The van der Waals surface area contributed by atoms with Crippen LogP contribution in [0.25, 0.3) is 0 Å². The van der Waals surface area contributed by atoms with E-state index in [0.717, 1.165) is 31.0 Å². The van der Waals surface area contributed by atoms with Crippen molar-refractivity contribution in [1.29, 1.82) is 0 Å². The van der Waals surface area contributed by atoms with Crippen LogP contribution in [0.15, 0.2) is 78.9 Å². The smallest absolute Gasteiger partial charge is 0.0547 e. The lowest BCUT2D eigenvalue weighted by Crippen LogP contribution is -2.23. The van der Waals surface area contributed by atoms with Crippen molar-refractivity contribution in [3.63, 3.8) is 0 Å². The van der Waals surface area contributed by atoms with Gasteiger partial charge in [-0.25, -0.2) is 0 Å². The van der Waals surface area contributed by atoms with E-state index in [-0.39, 0.29) is 0 Å². The molecule has 0 atom stereocenters. The zero-order chi connectivity index (χ0) is 15.9. The Bertz CT molecular complexity index is 682. The fraction of sp³-hybridized carbons (Fsp3) is 0.190. The van der Waals surface area contributed by atoms with Crippen LogP contribution in [0.5, 0.6) is 0 Å². The van der Waals surface area contributed by atoms with Crippen molar-refractivity contribution in [2.24, 2.45) is 0 Å². The van der Waals surface area contributed by atoms with Gasteiger partial charge in [0.2, 0.25) is 0 Å². The van der Waals surface area contributed by atoms with E-state index in [1.165, 1.54) is 11.1 Å². The van der Waals surface area contributed by atoms with E-state index >= 15 is 0 Å². The van der Waals surface area contributed by atoms with Gasteiger partial charge in [0.1, 0.15) is 0 Å². The molecule has 116 valence electrons. The van der Waals surface area contributed by atoms with Gasteiger partial charge in [0.15, 0.2) is 0 Å². The highest BCUT2D eigenvalue weighted by Gasteiger charge is 2.09. The van der Waals surface area contributed by atoms with E-state index in [1.54, 1.807) is 0 Å². The Balaban J connectivity index is 1.77. The summed E-state index contributed by atoms with van der Waals surface area (Å²) < 4.78 is 0. The van der Waals surface area contributed by atoms with E-state index in [1.807, 2.05) is 13.0 Å². The maximum absolute atomic E-state index is 4.65. The number of hydrogen-bond donors (Lipinski definition) is 0. The molecule has 0 N–H and O–H groups in total. The highest BCUT2D eigenvalue weighted by atomic mass is 15.1. The first-order valence-electron chi connectivity index (χ1n) is 8.02. The summed E-state index contributed by atoms with van der Waals surface area (Å²) in [5, 5.41) is 0. The maximum atomic E-state index is 4.65. The Hall–Kier alpha value is -2.45. The molecule has 0 saturated carbocycles. The fourth-order valence-electron chi connectivity index (χ4n) is 2.77. The van der Waals surface area contributed by atoms with Gasteiger partial charge < -0.3 is 0 Å². The molecule has 3 rings (SSSR count). The molecule has 0 unspecified atom stereocenters. The molecule has 0 saturated heterocycles. The third kappa shape index (κ3) is 4.76. The summed E-state index contributed by atoms with van der Waals surface area (Å²) in [6.07, 6.45) is 0. The Morgan fingerprint density at radius 3 is 1.74 bits per heavy atom. The second kappa shape index (κ2) is 7.70. The van der Waals surface area contributed by atoms with Crippen LogP contribution in [-0.2, 0) is 19.6 Å². The molecule has 0 radical (unpaired) electrons. The molecular weight excluding hydrogens is 280 g/mol. The van der Waals surface area contributed by atoms with Crippen LogP contribution in [0.1, 0.15) is 22.5 Å². The van der Waals surface area contributed by atoms with Crippen molar-refractivity contribution in [2.45, 2.75) is 26.6 Å². The van der Waals surface area contributed by atoms with E-state index in [4.69, 9.17) is 0 Å². The van der Waals surface area contributed by atoms with Gasteiger partial charge in [-0.2, -0.15) is 0 Å². The molecule has 0 spiro atoms. The van der Waals surface area contributed by atoms with Gasteiger partial charge >= 0.3 is 0 Å². The van der Waals surface area contributed by atoms with Crippen LogP contribution in [0.4, 0.5) is 0 Å². The zero-order valence-electron chi connectivity index (χ0n) is 13.5. The van der Waals surface area contributed by atoms with Crippen molar-refractivity contribution in [3.05, 3.63) is 101 Å². The second-order valence-electron chi connectivity index (χ2n) is 5.89. The number of rotatable bonds is 6. The van der Waals surface area contributed by atoms with Gasteiger partial charge in [-0.05, 0) is 30.2 Å². The first-order chi connectivity index (χ1) is 11.3. The van der Waals surface area contributed by atoms with Crippen LogP contribution in [-0.4, -0.2) is 9.88 Å². The molecule has 0 aliphatic heterocycles. The molecule has 0 fully saturated rings. The lowest BCUT2D eigenvalue weighted by atomic mass is 10.1. The summed E-state index contributed by atoms with van der Waals surface area (Å²) in [6.45, 7) is 4.74. The molecule has 3 aromatic rings. The van der Waals surface area contributed by atoms with Crippen LogP contribution in [0.3, 0.4) is 0 Å². The fourth-order valence-corrected chi connectivity index (χ4v) is 2.77. The normalized spacial score (nSPS) is 10.9. The summed E-state index contributed by atoms with van der Waals surface area (Å²) in [5.41, 5.74) is 4.85. The minimum atomic E-state index is 0.853. The maximum Gasteiger partial charge on any atom is 0.0547 e. The molecule has 1 heterocycles. The second-order valence-corrected chi connectivity index (χ2v) is 5.89. The standard InChI is InChI=1S/C21H22N2/c1-18-9-8-14-21(22-18)17-23(15-19-10-4-2-5-11-19)16-20-12-6-3-7-13-20/h2-14H,15-17H2,1H3. The Morgan fingerprint density at radius 1 is 0.652 bits per heavy atom. The summed E-state index contributed by atoms with van der Waals surface area (Å²) in [5.74, 6) is 0. The van der Waals surface area contributed by atoms with E-state index in [2.05, 4.69) is 82.7 Å². The first kappa shape index (κ1) is 15.4. The minimum absolute atomic E-state index is 0.853. The van der Waals surface area contributed by atoms with Crippen molar-refractivity contribution in [3.8, 4) is 0 Å². The Labute approximate surface area is 138 Å². The molecule has 0 aliphatic carbocycles. The van der Waals surface area contributed by atoms with Crippen LogP contribution in [0.2, 0.25) is 0 Å². The molecule has 0 aliphatic rings. The van der Waals surface area contributed by atoms with Crippen molar-refractivity contribution in [1.82, 2.24) is 9.88 Å². The first-order valence-corrected chi connectivity index (χ1v) is 8.02. The average molecular weight is 302 g/mol.